The van der Waals surface area contributed by atoms with Gasteiger partial charge in [0.05, 0.1) is 11.1 Å². The third-order valence-corrected chi connectivity index (χ3v) is 4.57. The minimum atomic E-state index is -1.15. The van der Waals surface area contributed by atoms with E-state index in [9.17, 15) is 24.0 Å². The second-order valence-corrected chi connectivity index (χ2v) is 7.46. The van der Waals surface area contributed by atoms with Crippen molar-refractivity contribution in [2.45, 2.75) is 46.2 Å². The Morgan fingerprint density at radius 2 is 1.60 bits per heavy atom. The van der Waals surface area contributed by atoms with Crippen molar-refractivity contribution in [3.05, 3.63) is 35.4 Å². The van der Waals surface area contributed by atoms with Crippen molar-refractivity contribution >= 4 is 29.6 Å². The second kappa shape index (κ2) is 10.00. The smallest absolute Gasteiger partial charge is 0.329 e. The zero-order valence-corrected chi connectivity index (χ0v) is 17.6. The molecule has 9 heteroatoms. The maximum atomic E-state index is 12.7. The van der Waals surface area contributed by atoms with Crippen molar-refractivity contribution in [1.82, 2.24) is 15.5 Å². The van der Waals surface area contributed by atoms with E-state index >= 15 is 0 Å². The Kier molecular flexibility index (Phi) is 7.68. The fourth-order valence-corrected chi connectivity index (χ4v) is 3.15. The van der Waals surface area contributed by atoms with Gasteiger partial charge >= 0.3 is 5.97 Å². The molecule has 0 unspecified atom stereocenters. The molecule has 0 fully saturated rings. The van der Waals surface area contributed by atoms with Crippen molar-refractivity contribution in [3.8, 4) is 0 Å². The molecule has 0 bridgehead atoms. The van der Waals surface area contributed by atoms with Gasteiger partial charge in [0.2, 0.25) is 5.91 Å². The molecule has 1 aliphatic rings. The number of rotatable bonds is 9. The van der Waals surface area contributed by atoms with Crippen LogP contribution < -0.4 is 10.6 Å². The summed E-state index contributed by atoms with van der Waals surface area (Å²) in [7, 11) is 0. The molecule has 162 valence electrons. The van der Waals surface area contributed by atoms with E-state index in [1.165, 1.54) is 19.1 Å². The average Bonchev–Trinajstić information content (AvgIpc) is 2.95. The molecule has 2 N–H and O–H groups in total. The Hall–Kier alpha value is -3.23. The molecule has 2 rings (SSSR count). The van der Waals surface area contributed by atoms with Gasteiger partial charge in [-0.2, -0.15) is 0 Å². The number of nitrogens with one attached hydrogen (secondary N) is 2. The molecule has 0 saturated heterocycles. The summed E-state index contributed by atoms with van der Waals surface area (Å²) >= 11 is 0. The Bertz CT molecular complexity index is 816. The van der Waals surface area contributed by atoms with Gasteiger partial charge in [-0.05, 0) is 38.3 Å². The van der Waals surface area contributed by atoms with Crippen LogP contribution in [0.5, 0.6) is 0 Å². The Labute approximate surface area is 175 Å². The molecule has 30 heavy (non-hydrogen) atoms. The van der Waals surface area contributed by atoms with Crippen molar-refractivity contribution in [2.24, 2.45) is 5.92 Å². The highest BCUT2D eigenvalue weighted by atomic mass is 16.5. The fourth-order valence-electron chi connectivity index (χ4n) is 3.15. The predicted molar refractivity (Wildman–Crippen MR) is 107 cm³/mol. The number of esters is 1. The first kappa shape index (κ1) is 23.1. The van der Waals surface area contributed by atoms with Crippen LogP contribution in [0.3, 0.4) is 0 Å². The van der Waals surface area contributed by atoms with Gasteiger partial charge in [-0.15, -0.1) is 0 Å². The number of ether oxygens (including phenoxy) is 1. The van der Waals surface area contributed by atoms with Crippen LogP contribution in [0.2, 0.25) is 0 Å². The van der Waals surface area contributed by atoms with Gasteiger partial charge in [0.1, 0.15) is 12.1 Å². The summed E-state index contributed by atoms with van der Waals surface area (Å²) in [4.78, 5) is 62.8. The molecule has 1 aromatic rings. The lowest BCUT2D eigenvalue weighted by Crippen LogP contribution is -2.48. The molecular weight excluding hydrogens is 390 g/mol. The molecule has 2 atom stereocenters. The van der Waals surface area contributed by atoms with Crippen LogP contribution in [0, 0.1) is 5.92 Å². The predicted octanol–water partition coefficient (Wildman–Crippen LogP) is 0.881. The number of fused-ring (bicyclic) bond motifs is 1. The van der Waals surface area contributed by atoms with Crippen LogP contribution in [0.4, 0.5) is 0 Å². The Morgan fingerprint density at radius 1 is 1.03 bits per heavy atom. The number of amides is 4. The lowest BCUT2D eigenvalue weighted by atomic mass is 10.0. The summed E-state index contributed by atoms with van der Waals surface area (Å²) in [5.74, 6) is -3.01. The van der Waals surface area contributed by atoms with E-state index < -0.39 is 42.4 Å². The number of imide groups is 1. The molecule has 1 aliphatic heterocycles. The molecule has 0 saturated carbocycles. The van der Waals surface area contributed by atoms with E-state index in [1.54, 1.807) is 19.1 Å². The van der Waals surface area contributed by atoms with Gasteiger partial charge in [-0.3, -0.25) is 24.1 Å². The molecule has 4 amide bonds. The zero-order chi connectivity index (χ0) is 22.4. The van der Waals surface area contributed by atoms with Gasteiger partial charge in [0, 0.05) is 6.54 Å². The summed E-state index contributed by atoms with van der Waals surface area (Å²) in [5.41, 5.74) is 0.468. The number of nitrogens with zero attached hydrogens (tertiary/aromatic N) is 1. The molecule has 0 radical (unpaired) electrons. The number of hydrogen-bond donors (Lipinski definition) is 2. The van der Waals surface area contributed by atoms with Crippen LogP contribution in [0.25, 0.3) is 0 Å². The van der Waals surface area contributed by atoms with Gasteiger partial charge in [0.15, 0.2) is 6.61 Å². The first-order valence-electron chi connectivity index (χ1n) is 9.87. The maximum absolute atomic E-state index is 12.7. The third kappa shape index (κ3) is 5.22. The lowest BCUT2D eigenvalue weighted by molar-refractivity contribution is -0.153. The standard InChI is InChI=1S/C21H27N3O6/c1-5-22-18(26)13(4)23-17(25)11-30-21(29)16(10-12(2)3)24-19(27)14-8-6-7-9-15(14)20(24)28/h6-9,12-13,16H,5,10-11H2,1-4H3,(H,22,26)(H,23,25)/t13-,16+/m0/s1. The van der Waals surface area contributed by atoms with E-state index in [0.717, 1.165) is 4.90 Å². The maximum Gasteiger partial charge on any atom is 0.329 e. The molecule has 9 nitrogen and oxygen atoms in total. The van der Waals surface area contributed by atoms with Crippen molar-refractivity contribution < 1.29 is 28.7 Å². The molecular formula is C21H27N3O6. The van der Waals surface area contributed by atoms with E-state index in [2.05, 4.69) is 10.6 Å². The third-order valence-electron chi connectivity index (χ3n) is 4.57. The molecule has 0 aromatic heterocycles. The molecule has 0 aliphatic carbocycles. The average molecular weight is 417 g/mol. The van der Waals surface area contributed by atoms with Crippen molar-refractivity contribution in [2.75, 3.05) is 13.2 Å². The number of likely N-dealkylation sites (N-methyl/N-ethyl adjacent to an activating group) is 1. The van der Waals surface area contributed by atoms with E-state index in [1.807, 2.05) is 13.8 Å². The van der Waals surface area contributed by atoms with Gasteiger partial charge in [-0.25, -0.2) is 4.79 Å². The van der Waals surface area contributed by atoms with Gasteiger partial charge in [-0.1, -0.05) is 26.0 Å². The molecule has 0 spiro atoms. The summed E-state index contributed by atoms with van der Waals surface area (Å²) < 4.78 is 5.09. The number of hydrogen-bond acceptors (Lipinski definition) is 6. The van der Waals surface area contributed by atoms with Crippen molar-refractivity contribution in [3.63, 3.8) is 0 Å². The topological polar surface area (TPSA) is 122 Å². The summed E-state index contributed by atoms with van der Waals surface area (Å²) in [6, 6.07) is 4.41. The van der Waals surface area contributed by atoms with Gasteiger partial charge in [0.25, 0.3) is 17.7 Å². The van der Waals surface area contributed by atoms with E-state index in [4.69, 9.17) is 4.74 Å². The highest BCUT2D eigenvalue weighted by Gasteiger charge is 2.43. The highest BCUT2D eigenvalue weighted by molar-refractivity contribution is 6.22. The fraction of sp³-hybridized carbons (Fsp3) is 0.476. The largest absolute Gasteiger partial charge is 0.454 e. The van der Waals surface area contributed by atoms with Crippen LogP contribution in [0.1, 0.15) is 54.8 Å². The minimum Gasteiger partial charge on any atom is -0.454 e. The Balaban J connectivity index is 2.06. The van der Waals surface area contributed by atoms with Crippen LogP contribution >= 0.6 is 0 Å². The Morgan fingerprint density at radius 3 is 2.10 bits per heavy atom. The minimum absolute atomic E-state index is 0.0153. The molecule has 1 aromatic carbocycles. The van der Waals surface area contributed by atoms with Gasteiger partial charge < -0.3 is 15.4 Å². The normalized spacial score (nSPS) is 14.9. The summed E-state index contributed by atoms with van der Waals surface area (Å²) in [6.07, 6.45) is 0.196. The lowest BCUT2D eigenvalue weighted by Gasteiger charge is -2.26. The van der Waals surface area contributed by atoms with Crippen LogP contribution in [0.15, 0.2) is 24.3 Å². The number of carbonyl (C=O) groups excluding carboxylic acids is 5. The number of benzene rings is 1. The summed E-state index contributed by atoms with van der Waals surface area (Å²) in [5, 5.41) is 4.99. The van der Waals surface area contributed by atoms with Crippen LogP contribution in [-0.2, 0) is 19.1 Å². The molecule has 1 heterocycles. The monoisotopic (exact) mass is 417 g/mol. The van der Waals surface area contributed by atoms with Crippen LogP contribution in [-0.4, -0.2) is 59.7 Å². The first-order chi connectivity index (χ1) is 14.2. The van der Waals surface area contributed by atoms with E-state index in [0.29, 0.717) is 6.54 Å². The number of carbonyl (C=O) groups is 5. The summed E-state index contributed by atoms with van der Waals surface area (Å²) in [6.45, 7) is 6.75. The van der Waals surface area contributed by atoms with Crippen molar-refractivity contribution in [1.29, 1.82) is 0 Å². The highest BCUT2D eigenvalue weighted by Crippen LogP contribution is 2.27. The quantitative estimate of drug-likeness (QED) is 0.454. The zero-order valence-electron chi connectivity index (χ0n) is 17.6. The SMILES string of the molecule is CCNC(=O)[C@H](C)NC(=O)COC(=O)[C@@H](CC(C)C)N1C(=O)c2ccccc2C1=O. The van der Waals surface area contributed by atoms with E-state index in [-0.39, 0.29) is 29.4 Å². The first-order valence-corrected chi connectivity index (χ1v) is 9.87. The second-order valence-electron chi connectivity index (χ2n) is 7.46.